The van der Waals surface area contributed by atoms with Gasteiger partial charge in [-0.15, -0.1) is 5.10 Å². The zero-order chi connectivity index (χ0) is 18.7. The van der Waals surface area contributed by atoms with Crippen LogP contribution in [0, 0.1) is 13.8 Å². The molecule has 0 aliphatic carbocycles. The van der Waals surface area contributed by atoms with Crippen molar-refractivity contribution >= 4 is 5.69 Å². The van der Waals surface area contributed by atoms with Crippen molar-refractivity contribution in [2.24, 2.45) is 0 Å². The number of tetrazole rings is 1. The number of hydrogen-bond donors (Lipinski definition) is 1. The molecule has 5 heteroatoms. The smallest absolute Gasteiger partial charge is 0.181 e. The molecule has 3 rings (SSSR count). The minimum absolute atomic E-state index is 0.386. The maximum absolute atomic E-state index is 4.42. The average Bonchev–Trinajstić information content (AvgIpc) is 3.13. The van der Waals surface area contributed by atoms with Gasteiger partial charge in [-0.3, -0.25) is 0 Å². The molecule has 0 saturated carbocycles. The molecule has 1 atom stereocenters. The van der Waals surface area contributed by atoms with Gasteiger partial charge in [0.25, 0.3) is 0 Å². The van der Waals surface area contributed by atoms with Crippen molar-refractivity contribution in [1.82, 2.24) is 20.2 Å². The third kappa shape index (κ3) is 3.21. The van der Waals surface area contributed by atoms with Gasteiger partial charge in [0.05, 0.1) is 11.2 Å². The standard InChI is InChI=1S/C21H27N5/c1-6-17-13-10-12-16(4)19(17)26-20(23-24-25-26)21(5,7-2)22-18-14-9-8-11-15(18)3/h8-14,22H,6-7H2,1-5H3. The number of nitrogens with one attached hydrogen (secondary N) is 1. The van der Waals surface area contributed by atoms with Crippen LogP contribution in [0.25, 0.3) is 5.69 Å². The molecule has 0 aliphatic rings. The van der Waals surface area contributed by atoms with Crippen LogP contribution in [0.2, 0.25) is 0 Å². The van der Waals surface area contributed by atoms with Crippen LogP contribution in [0.15, 0.2) is 42.5 Å². The Morgan fingerprint density at radius 1 is 1.00 bits per heavy atom. The summed E-state index contributed by atoms with van der Waals surface area (Å²) in [6.45, 7) is 10.7. The summed E-state index contributed by atoms with van der Waals surface area (Å²) >= 11 is 0. The van der Waals surface area contributed by atoms with Gasteiger partial charge in [-0.05, 0) is 66.8 Å². The van der Waals surface area contributed by atoms with E-state index in [2.05, 4.69) is 91.9 Å². The van der Waals surface area contributed by atoms with E-state index < -0.39 is 0 Å². The van der Waals surface area contributed by atoms with Crippen molar-refractivity contribution in [3.63, 3.8) is 0 Å². The van der Waals surface area contributed by atoms with Crippen LogP contribution in [0.5, 0.6) is 0 Å². The molecule has 5 nitrogen and oxygen atoms in total. The van der Waals surface area contributed by atoms with Gasteiger partial charge in [-0.25, -0.2) is 0 Å². The fraction of sp³-hybridized carbons (Fsp3) is 0.381. The summed E-state index contributed by atoms with van der Waals surface area (Å²) in [6, 6.07) is 14.6. The number of para-hydroxylation sites is 2. The highest BCUT2D eigenvalue weighted by atomic mass is 15.6. The second-order valence-corrected chi connectivity index (χ2v) is 6.98. The topological polar surface area (TPSA) is 55.6 Å². The Morgan fingerprint density at radius 3 is 2.42 bits per heavy atom. The first kappa shape index (κ1) is 18.1. The highest BCUT2D eigenvalue weighted by molar-refractivity contribution is 5.53. The molecular formula is C21H27N5. The van der Waals surface area contributed by atoms with Crippen molar-refractivity contribution in [2.75, 3.05) is 5.32 Å². The van der Waals surface area contributed by atoms with E-state index in [1.54, 1.807) is 0 Å². The number of nitrogens with zero attached hydrogens (tertiary/aromatic N) is 4. The molecule has 0 spiro atoms. The van der Waals surface area contributed by atoms with Gasteiger partial charge in [0, 0.05) is 5.69 Å². The van der Waals surface area contributed by atoms with Crippen molar-refractivity contribution in [1.29, 1.82) is 0 Å². The van der Waals surface area contributed by atoms with Crippen LogP contribution in [0.4, 0.5) is 5.69 Å². The SMILES string of the molecule is CCc1cccc(C)c1-n1nnnc1C(C)(CC)Nc1ccccc1C. The van der Waals surface area contributed by atoms with Crippen LogP contribution < -0.4 is 5.32 Å². The first-order valence-electron chi connectivity index (χ1n) is 9.21. The summed E-state index contributed by atoms with van der Waals surface area (Å²) in [7, 11) is 0. The van der Waals surface area contributed by atoms with E-state index in [4.69, 9.17) is 0 Å². The number of anilines is 1. The summed E-state index contributed by atoms with van der Waals surface area (Å²) in [5, 5.41) is 16.5. The maximum atomic E-state index is 4.42. The van der Waals surface area contributed by atoms with Gasteiger partial charge in [0.2, 0.25) is 0 Å². The molecule has 1 unspecified atom stereocenters. The lowest BCUT2D eigenvalue weighted by atomic mass is 9.95. The van der Waals surface area contributed by atoms with Crippen molar-refractivity contribution in [3.8, 4) is 5.69 Å². The highest BCUT2D eigenvalue weighted by Gasteiger charge is 2.32. The quantitative estimate of drug-likeness (QED) is 0.708. The zero-order valence-electron chi connectivity index (χ0n) is 16.2. The minimum atomic E-state index is -0.386. The van der Waals surface area contributed by atoms with E-state index in [-0.39, 0.29) is 5.54 Å². The molecule has 1 N–H and O–H groups in total. The lowest BCUT2D eigenvalue weighted by Crippen LogP contribution is -2.35. The normalized spacial score (nSPS) is 13.4. The van der Waals surface area contributed by atoms with E-state index in [9.17, 15) is 0 Å². The average molecular weight is 349 g/mol. The van der Waals surface area contributed by atoms with Gasteiger partial charge >= 0.3 is 0 Å². The predicted molar refractivity (Wildman–Crippen MR) is 106 cm³/mol. The van der Waals surface area contributed by atoms with Gasteiger partial charge < -0.3 is 5.32 Å². The number of aromatic nitrogens is 4. The molecular weight excluding hydrogens is 322 g/mol. The fourth-order valence-electron chi connectivity index (χ4n) is 3.30. The Balaban J connectivity index is 2.10. The van der Waals surface area contributed by atoms with Crippen LogP contribution >= 0.6 is 0 Å². The Morgan fingerprint density at radius 2 is 1.73 bits per heavy atom. The monoisotopic (exact) mass is 349 g/mol. The van der Waals surface area contributed by atoms with Crippen molar-refractivity contribution < 1.29 is 0 Å². The number of hydrogen-bond acceptors (Lipinski definition) is 4. The second-order valence-electron chi connectivity index (χ2n) is 6.98. The Hall–Kier alpha value is -2.69. The van der Waals surface area contributed by atoms with Crippen molar-refractivity contribution in [2.45, 2.75) is 53.0 Å². The van der Waals surface area contributed by atoms with Crippen LogP contribution in [0.3, 0.4) is 0 Å². The molecule has 0 aliphatic heterocycles. The third-order valence-electron chi connectivity index (χ3n) is 5.14. The lowest BCUT2D eigenvalue weighted by molar-refractivity contribution is 0.473. The Labute approximate surface area is 155 Å². The molecule has 0 amide bonds. The van der Waals surface area contributed by atoms with Crippen molar-refractivity contribution in [3.05, 3.63) is 65.0 Å². The lowest BCUT2D eigenvalue weighted by Gasteiger charge is -2.30. The molecule has 136 valence electrons. The molecule has 0 fully saturated rings. The van der Waals surface area contributed by atoms with E-state index in [0.717, 1.165) is 30.0 Å². The number of benzene rings is 2. The summed E-state index contributed by atoms with van der Waals surface area (Å²) < 4.78 is 1.91. The summed E-state index contributed by atoms with van der Waals surface area (Å²) in [5.41, 5.74) is 5.42. The third-order valence-corrected chi connectivity index (χ3v) is 5.14. The molecule has 0 bridgehead atoms. The van der Waals surface area contributed by atoms with Crippen LogP contribution in [-0.4, -0.2) is 20.2 Å². The summed E-state index contributed by atoms with van der Waals surface area (Å²) in [6.07, 6.45) is 1.79. The highest BCUT2D eigenvalue weighted by Crippen LogP contribution is 2.31. The molecule has 0 radical (unpaired) electrons. The largest absolute Gasteiger partial charge is 0.373 e. The molecule has 1 heterocycles. The number of rotatable bonds is 6. The Bertz CT molecular complexity index is 899. The zero-order valence-corrected chi connectivity index (χ0v) is 16.2. The Kier molecular flexibility index (Phi) is 5.07. The van der Waals surface area contributed by atoms with Gasteiger partial charge in [0.1, 0.15) is 0 Å². The van der Waals surface area contributed by atoms with Crippen LogP contribution in [-0.2, 0) is 12.0 Å². The molecule has 0 saturated heterocycles. The second kappa shape index (κ2) is 7.28. The minimum Gasteiger partial charge on any atom is -0.373 e. The van der Waals surface area contributed by atoms with E-state index in [1.807, 2.05) is 10.7 Å². The van der Waals surface area contributed by atoms with Gasteiger partial charge in [-0.2, -0.15) is 4.68 Å². The molecule has 3 aromatic rings. The molecule has 1 aromatic heterocycles. The van der Waals surface area contributed by atoms with E-state index >= 15 is 0 Å². The molecule has 2 aromatic carbocycles. The predicted octanol–water partition coefficient (Wildman–Crippen LogP) is 4.58. The maximum Gasteiger partial charge on any atom is 0.181 e. The van der Waals surface area contributed by atoms with E-state index in [0.29, 0.717) is 0 Å². The molecule has 26 heavy (non-hydrogen) atoms. The summed E-state index contributed by atoms with van der Waals surface area (Å²) in [5.74, 6) is 0.826. The van der Waals surface area contributed by atoms with Gasteiger partial charge in [0.15, 0.2) is 5.82 Å². The van der Waals surface area contributed by atoms with E-state index in [1.165, 1.54) is 16.7 Å². The number of aryl methyl sites for hydroxylation is 3. The van der Waals surface area contributed by atoms with Crippen LogP contribution in [0.1, 0.15) is 49.7 Å². The first-order chi connectivity index (χ1) is 12.5. The summed E-state index contributed by atoms with van der Waals surface area (Å²) in [4.78, 5) is 0. The fourth-order valence-corrected chi connectivity index (χ4v) is 3.30. The van der Waals surface area contributed by atoms with Gasteiger partial charge in [-0.1, -0.05) is 50.2 Å². The first-order valence-corrected chi connectivity index (χ1v) is 9.21.